The number of methoxy groups -OCH3 is 1. The Labute approximate surface area is 194 Å². The molecule has 2 aromatic carbocycles. The molecule has 4 nitrogen and oxygen atoms in total. The molecular formula is C29H32N2O2. The molecule has 0 amide bonds. The van der Waals surface area contributed by atoms with Crippen molar-refractivity contribution in [3.05, 3.63) is 76.7 Å². The summed E-state index contributed by atoms with van der Waals surface area (Å²) >= 11 is 0. The first-order chi connectivity index (χ1) is 15.8. The summed E-state index contributed by atoms with van der Waals surface area (Å²) in [6.45, 7) is 7.82. The van der Waals surface area contributed by atoms with Gasteiger partial charge in [-0.2, -0.15) is 0 Å². The van der Waals surface area contributed by atoms with Gasteiger partial charge in [-0.25, -0.2) is 0 Å². The number of pyridine rings is 1. The van der Waals surface area contributed by atoms with Gasteiger partial charge in [0, 0.05) is 24.2 Å². The van der Waals surface area contributed by atoms with Gasteiger partial charge in [-0.1, -0.05) is 63.2 Å². The van der Waals surface area contributed by atoms with Crippen molar-refractivity contribution in [1.29, 1.82) is 0 Å². The third kappa shape index (κ3) is 2.79. The van der Waals surface area contributed by atoms with Gasteiger partial charge in [0.1, 0.15) is 5.75 Å². The third-order valence-electron chi connectivity index (χ3n) is 8.80. The van der Waals surface area contributed by atoms with E-state index in [9.17, 15) is 4.79 Å². The van der Waals surface area contributed by atoms with E-state index in [1.54, 1.807) is 7.11 Å². The Morgan fingerprint density at radius 2 is 1.82 bits per heavy atom. The lowest BCUT2D eigenvalue weighted by atomic mass is 9.68. The van der Waals surface area contributed by atoms with Crippen LogP contribution >= 0.6 is 0 Å². The smallest absolute Gasteiger partial charge is 0.260 e. The second-order valence-electron chi connectivity index (χ2n) is 11.0. The van der Waals surface area contributed by atoms with E-state index in [0.717, 1.165) is 27.6 Å². The maximum Gasteiger partial charge on any atom is 0.260 e. The number of nitrogens with zero attached hydrogens (tertiary/aromatic N) is 2. The zero-order chi connectivity index (χ0) is 23.0. The first-order valence-electron chi connectivity index (χ1n) is 12.1. The maximum atomic E-state index is 14.2. The molecule has 4 aromatic rings. The summed E-state index contributed by atoms with van der Waals surface area (Å²) in [5.41, 5.74) is 3.60. The Morgan fingerprint density at radius 3 is 2.52 bits per heavy atom. The van der Waals surface area contributed by atoms with Crippen LogP contribution in [0.2, 0.25) is 0 Å². The molecule has 2 aliphatic rings. The van der Waals surface area contributed by atoms with E-state index in [1.165, 1.54) is 24.8 Å². The lowest BCUT2D eigenvalue weighted by Gasteiger charge is -2.43. The van der Waals surface area contributed by atoms with Crippen molar-refractivity contribution in [2.75, 3.05) is 7.11 Å². The third-order valence-corrected chi connectivity index (χ3v) is 8.80. The fraction of sp³-hybridized carbons (Fsp3) is 0.414. The van der Waals surface area contributed by atoms with Gasteiger partial charge in [0.25, 0.3) is 5.56 Å². The van der Waals surface area contributed by atoms with E-state index < -0.39 is 0 Å². The molecule has 2 heterocycles. The van der Waals surface area contributed by atoms with Crippen molar-refractivity contribution in [2.45, 2.75) is 52.6 Å². The summed E-state index contributed by atoms with van der Waals surface area (Å²) in [4.78, 5) is 14.2. The number of ether oxygens (including phenoxy) is 1. The lowest BCUT2D eigenvalue weighted by Crippen LogP contribution is -2.41. The van der Waals surface area contributed by atoms with Gasteiger partial charge in [-0.05, 0) is 53.7 Å². The van der Waals surface area contributed by atoms with E-state index in [-0.39, 0.29) is 22.4 Å². The topological polar surface area (TPSA) is 36.2 Å². The number of fused-ring (bicyclic) bond motifs is 5. The minimum absolute atomic E-state index is 0.116. The highest BCUT2D eigenvalue weighted by Gasteiger charge is 2.60. The Bertz CT molecular complexity index is 1420. The molecule has 0 aliphatic heterocycles. The molecule has 4 heteroatoms. The van der Waals surface area contributed by atoms with Crippen LogP contribution in [0.15, 0.2) is 65.6 Å². The second-order valence-corrected chi connectivity index (χ2v) is 11.0. The normalized spacial score (nSPS) is 25.8. The molecular weight excluding hydrogens is 408 g/mol. The van der Waals surface area contributed by atoms with Crippen LogP contribution in [-0.4, -0.2) is 16.2 Å². The fourth-order valence-corrected chi connectivity index (χ4v) is 7.41. The van der Waals surface area contributed by atoms with Crippen molar-refractivity contribution in [1.82, 2.24) is 9.13 Å². The molecule has 3 unspecified atom stereocenters. The summed E-state index contributed by atoms with van der Waals surface area (Å²) in [6.07, 6.45) is 5.78. The molecule has 2 saturated carbocycles. The number of aromatic nitrogens is 2. The second kappa shape index (κ2) is 6.99. The zero-order valence-electron chi connectivity index (χ0n) is 20.0. The monoisotopic (exact) mass is 440 g/mol. The van der Waals surface area contributed by atoms with Crippen LogP contribution in [0, 0.1) is 16.7 Å². The molecule has 0 radical (unpaired) electrons. The molecule has 33 heavy (non-hydrogen) atoms. The molecule has 170 valence electrons. The molecule has 0 N–H and O–H groups in total. The van der Waals surface area contributed by atoms with Gasteiger partial charge in [0.2, 0.25) is 0 Å². The van der Waals surface area contributed by atoms with Gasteiger partial charge < -0.3 is 13.9 Å². The van der Waals surface area contributed by atoms with Gasteiger partial charge in [-0.3, -0.25) is 4.79 Å². The van der Waals surface area contributed by atoms with Gasteiger partial charge in [0.15, 0.2) is 0 Å². The molecule has 2 aromatic heterocycles. The maximum absolute atomic E-state index is 14.2. The summed E-state index contributed by atoms with van der Waals surface area (Å²) in [6, 6.07) is 18.8. The van der Waals surface area contributed by atoms with Crippen molar-refractivity contribution in [3.8, 4) is 5.75 Å². The fourth-order valence-electron chi connectivity index (χ4n) is 7.41. The first-order valence-corrected chi connectivity index (χ1v) is 12.1. The van der Waals surface area contributed by atoms with E-state index in [1.807, 2.05) is 18.2 Å². The highest BCUT2D eigenvalue weighted by Crippen LogP contribution is 2.67. The molecule has 2 aliphatic carbocycles. The van der Waals surface area contributed by atoms with E-state index in [0.29, 0.717) is 12.5 Å². The number of hydrogen-bond donors (Lipinski definition) is 0. The lowest BCUT2D eigenvalue weighted by molar-refractivity contribution is 0.0811. The van der Waals surface area contributed by atoms with Crippen LogP contribution in [0.1, 0.15) is 51.6 Å². The number of para-hydroxylation sites is 1. The first kappa shape index (κ1) is 20.6. The van der Waals surface area contributed by atoms with Crippen LogP contribution in [0.25, 0.3) is 21.8 Å². The minimum Gasteiger partial charge on any atom is -0.495 e. The van der Waals surface area contributed by atoms with Crippen molar-refractivity contribution in [3.63, 3.8) is 0 Å². The largest absolute Gasteiger partial charge is 0.495 e. The molecule has 2 bridgehead atoms. The van der Waals surface area contributed by atoms with Crippen LogP contribution in [0.4, 0.5) is 0 Å². The van der Waals surface area contributed by atoms with E-state index >= 15 is 0 Å². The Balaban J connectivity index is 1.63. The van der Waals surface area contributed by atoms with Crippen molar-refractivity contribution < 1.29 is 4.74 Å². The Kier molecular flexibility index (Phi) is 4.36. The summed E-state index contributed by atoms with van der Waals surface area (Å²) < 4.78 is 10.1. The molecule has 0 saturated heterocycles. The number of benzene rings is 2. The average molecular weight is 441 g/mol. The van der Waals surface area contributed by atoms with Crippen LogP contribution < -0.4 is 10.3 Å². The molecule has 2 fully saturated rings. The summed E-state index contributed by atoms with van der Waals surface area (Å²) in [7, 11) is 1.70. The minimum atomic E-state index is 0.116. The molecule has 3 atom stereocenters. The Hall–Kier alpha value is -3.01. The standard InChI is InChI=1S/C29H32N2O2/c1-28(2)20-13-15-29(3,17-20)27(28)30-16-14-22-24(26(30)32)21-11-8-12-23(33-4)25(21)31(22)18-19-9-6-5-7-10-19/h5-12,14,16,20,27H,13,15,17-18H2,1-4H3. The zero-order valence-corrected chi connectivity index (χ0v) is 20.0. The van der Waals surface area contributed by atoms with Gasteiger partial charge >= 0.3 is 0 Å². The predicted octanol–water partition coefficient (Wildman–Crippen LogP) is 6.40. The van der Waals surface area contributed by atoms with Crippen LogP contribution in [-0.2, 0) is 6.54 Å². The van der Waals surface area contributed by atoms with E-state index in [2.05, 4.69) is 72.5 Å². The van der Waals surface area contributed by atoms with Crippen molar-refractivity contribution >= 4 is 21.8 Å². The van der Waals surface area contributed by atoms with Gasteiger partial charge in [0.05, 0.1) is 23.5 Å². The summed E-state index contributed by atoms with van der Waals surface area (Å²) in [5, 5.41) is 1.79. The van der Waals surface area contributed by atoms with Crippen molar-refractivity contribution in [2.24, 2.45) is 16.7 Å². The van der Waals surface area contributed by atoms with Crippen LogP contribution in [0.3, 0.4) is 0 Å². The van der Waals surface area contributed by atoms with Crippen LogP contribution in [0.5, 0.6) is 5.75 Å². The predicted molar refractivity (Wildman–Crippen MR) is 134 cm³/mol. The molecule has 0 spiro atoms. The average Bonchev–Trinajstić information content (AvgIpc) is 3.41. The SMILES string of the molecule is COc1cccc2c3c(=O)n(C4C5(C)CCC(C5)C4(C)C)ccc3n(Cc3ccccc3)c12. The Morgan fingerprint density at radius 1 is 1.03 bits per heavy atom. The van der Waals surface area contributed by atoms with E-state index in [4.69, 9.17) is 4.74 Å². The molecule has 6 rings (SSSR count). The highest BCUT2D eigenvalue weighted by molar-refractivity contribution is 6.09. The quantitative estimate of drug-likeness (QED) is 0.368. The number of hydrogen-bond acceptors (Lipinski definition) is 2. The number of rotatable bonds is 4. The highest BCUT2D eigenvalue weighted by atomic mass is 16.5. The van der Waals surface area contributed by atoms with Gasteiger partial charge in [-0.15, -0.1) is 0 Å². The summed E-state index contributed by atoms with van der Waals surface area (Å²) in [5.74, 6) is 1.49.